The van der Waals surface area contributed by atoms with Gasteiger partial charge in [0.05, 0.1) is 0 Å². The smallest absolute Gasteiger partial charge is 0.167 e. The summed E-state index contributed by atoms with van der Waals surface area (Å²) in [6, 6.07) is 14.0. The van der Waals surface area contributed by atoms with Crippen LogP contribution in [0.15, 0.2) is 42.5 Å². The molecule has 0 saturated heterocycles. The first-order valence-electron chi connectivity index (χ1n) is 7.48. The van der Waals surface area contributed by atoms with E-state index < -0.39 is 0 Å². The number of hydrogen-bond acceptors (Lipinski definition) is 1. The van der Waals surface area contributed by atoms with Gasteiger partial charge in [0.1, 0.15) is 0 Å². The van der Waals surface area contributed by atoms with Crippen molar-refractivity contribution in [2.75, 3.05) is 0 Å². The van der Waals surface area contributed by atoms with E-state index in [-0.39, 0.29) is 11.2 Å². The summed E-state index contributed by atoms with van der Waals surface area (Å²) < 4.78 is 0. The van der Waals surface area contributed by atoms with Crippen LogP contribution in [0.1, 0.15) is 53.4 Å². The fourth-order valence-corrected chi connectivity index (χ4v) is 2.59. The van der Waals surface area contributed by atoms with E-state index in [0.29, 0.717) is 6.42 Å². The molecule has 0 spiro atoms. The lowest BCUT2D eigenvalue weighted by Crippen LogP contribution is -2.13. The first-order chi connectivity index (χ1) is 9.79. The van der Waals surface area contributed by atoms with Gasteiger partial charge < -0.3 is 0 Å². The highest BCUT2D eigenvalue weighted by Gasteiger charge is 2.17. The summed E-state index contributed by atoms with van der Waals surface area (Å²) in [7, 11) is 0. The molecule has 1 nitrogen and oxygen atoms in total. The second kappa shape index (κ2) is 5.85. The van der Waals surface area contributed by atoms with Gasteiger partial charge in [-0.15, -0.1) is 0 Å². The van der Waals surface area contributed by atoms with Gasteiger partial charge in [-0.05, 0) is 41.5 Å². The fraction of sp³-hybridized carbons (Fsp3) is 0.350. The second-order valence-corrected chi connectivity index (χ2v) is 6.80. The third-order valence-corrected chi connectivity index (χ3v) is 4.00. The fourth-order valence-electron chi connectivity index (χ4n) is 2.59. The second-order valence-electron chi connectivity index (χ2n) is 6.80. The van der Waals surface area contributed by atoms with Gasteiger partial charge in [-0.2, -0.15) is 0 Å². The minimum atomic E-state index is 0.136. The molecule has 0 N–H and O–H groups in total. The third-order valence-electron chi connectivity index (χ3n) is 4.00. The van der Waals surface area contributed by atoms with Gasteiger partial charge in [0.25, 0.3) is 0 Å². The molecule has 0 unspecified atom stereocenters. The normalized spacial score (nSPS) is 11.5. The largest absolute Gasteiger partial charge is 0.294 e. The quantitative estimate of drug-likeness (QED) is 0.721. The molecule has 0 aromatic heterocycles. The van der Waals surface area contributed by atoms with Crippen molar-refractivity contribution in [1.29, 1.82) is 0 Å². The average molecular weight is 280 g/mol. The zero-order chi connectivity index (χ0) is 15.6. The van der Waals surface area contributed by atoms with Crippen LogP contribution >= 0.6 is 0 Å². The molecule has 0 aliphatic carbocycles. The minimum Gasteiger partial charge on any atom is -0.294 e. The lowest BCUT2D eigenvalue weighted by molar-refractivity contribution is 0.0992. The van der Waals surface area contributed by atoms with Gasteiger partial charge in [0.2, 0.25) is 0 Å². The highest BCUT2D eigenvalue weighted by atomic mass is 16.1. The Balaban J connectivity index is 2.32. The molecule has 0 aliphatic heterocycles. The van der Waals surface area contributed by atoms with Crippen molar-refractivity contribution < 1.29 is 4.79 Å². The van der Waals surface area contributed by atoms with Gasteiger partial charge in [0, 0.05) is 12.0 Å². The van der Waals surface area contributed by atoms with Crippen molar-refractivity contribution in [3.63, 3.8) is 0 Å². The van der Waals surface area contributed by atoms with Gasteiger partial charge in [-0.25, -0.2) is 0 Å². The van der Waals surface area contributed by atoms with E-state index in [1.807, 2.05) is 30.3 Å². The Hall–Kier alpha value is -1.89. The number of carbonyl (C=O) groups is 1. The number of Topliss-reactive ketones (excluding diaryl/α,β-unsaturated/α-hetero) is 1. The number of ketones is 1. The minimum absolute atomic E-state index is 0.136. The summed E-state index contributed by atoms with van der Waals surface area (Å²) in [5, 5.41) is 0. The summed E-state index contributed by atoms with van der Waals surface area (Å²) in [4.78, 5) is 12.4. The summed E-state index contributed by atoms with van der Waals surface area (Å²) in [6.45, 7) is 10.9. The molecular formula is C20H24O. The summed E-state index contributed by atoms with van der Waals surface area (Å²) in [5.41, 5.74) is 5.84. The monoisotopic (exact) mass is 280 g/mol. The molecule has 0 amide bonds. The van der Waals surface area contributed by atoms with E-state index in [1.54, 1.807) is 0 Å². The van der Waals surface area contributed by atoms with Crippen molar-refractivity contribution >= 4 is 5.78 Å². The molecule has 2 aromatic rings. The SMILES string of the molecule is Cc1cc(C(C)(C)C)cc(C)c1CC(=O)c1ccccc1. The standard InChI is InChI=1S/C20H24O/c1-14-11-17(20(3,4)5)12-15(2)18(14)13-19(21)16-9-7-6-8-10-16/h6-12H,13H2,1-5H3. The number of benzene rings is 2. The van der Waals surface area contributed by atoms with Gasteiger partial charge in [-0.3, -0.25) is 4.79 Å². The van der Waals surface area contributed by atoms with Gasteiger partial charge >= 0.3 is 0 Å². The molecule has 0 heterocycles. The Labute approximate surface area is 128 Å². The molecule has 1 heteroatoms. The lowest BCUT2D eigenvalue weighted by Gasteiger charge is -2.22. The molecule has 2 rings (SSSR count). The highest BCUT2D eigenvalue weighted by Crippen LogP contribution is 2.27. The molecular weight excluding hydrogens is 256 g/mol. The summed E-state index contributed by atoms with van der Waals surface area (Å²) >= 11 is 0. The maximum Gasteiger partial charge on any atom is 0.167 e. The van der Waals surface area contributed by atoms with E-state index in [1.165, 1.54) is 16.7 Å². The van der Waals surface area contributed by atoms with Crippen LogP contribution in [0.2, 0.25) is 0 Å². The van der Waals surface area contributed by atoms with Crippen LogP contribution < -0.4 is 0 Å². The Morgan fingerprint density at radius 1 is 0.952 bits per heavy atom. The van der Waals surface area contributed by atoms with Crippen LogP contribution in [0, 0.1) is 13.8 Å². The summed E-state index contributed by atoms with van der Waals surface area (Å²) in [5.74, 6) is 0.185. The highest BCUT2D eigenvalue weighted by molar-refractivity contribution is 5.97. The molecule has 0 radical (unpaired) electrons. The average Bonchev–Trinajstić information content (AvgIpc) is 2.42. The van der Waals surface area contributed by atoms with Crippen LogP contribution in [-0.4, -0.2) is 5.78 Å². The number of carbonyl (C=O) groups excluding carboxylic acids is 1. The number of rotatable bonds is 3. The zero-order valence-electron chi connectivity index (χ0n) is 13.7. The Morgan fingerprint density at radius 3 is 1.95 bits per heavy atom. The Morgan fingerprint density at radius 2 is 1.48 bits per heavy atom. The molecule has 0 bridgehead atoms. The molecule has 2 aromatic carbocycles. The molecule has 21 heavy (non-hydrogen) atoms. The first-order valence-corrected chi connectivity index (χ1v) is 7.48. The van der Waals surface area contributed by atoms with E-state index >= 15 is 0 Å². The summed E-state index contributed by atoms with van der Waals surface area (Å²) in [6.07, 6.45) is 0.478. The predicted octanol–water partition coefficient (Wildman–Crippen LogP) is 5.03. The van der Waals surface area contributed by atoms with E-state index in [0.717, 1.165) is 11.1 Å². The number of aryl methyl sites for hydroxylation is 2. The van der Waals surface area contributed by atoms with Crippen LogP contribution in [0.3, 0.4) is 0 Å². The van der Waals surface area contributed by atoms with Crippen molar-refractivity contribution in [3.05, 3.63) is 70.3 Å². The Kier molecular flexibility index (Phi) is 4.32. The van der Waals surface area contributed by atoms with Crippen LogP contribution in [-0.2, 0) is 11.8 Å². The van der Waals surface area contributed by atoms with Crippen molar-refractivity contribution in [2.45, 2.75) is 46.5 Å². The lowest BCUT2D eigenvalue weighted by atomic mass is 9.83. The van der Waals surface area contributed by atoms with Crippen LogP contribution in [0.4, 0.5) is 0 Å². The number of hydrogen-bond donors (Lipinski definition) is 0. The van der Waals surface area contributed by atoms with Crippen molar-refractivity contribution in [3.8, 4) is 0 Å². The molecule has 110 valence electrons. The van der Waals surface area contributed by atoms with Gasteiger partial charge in [0.15, 0.2) is 5.78 Å². The van der Waals surface area contributed by atoms with E-state index in [9.17, 15) is 4.79 Å². The van der Waals surface area contributed by atoms with Crippen LogP contribution in [0.5, 0.6) is 0 Å². The zero-order valence-corrected chi connectivity index (χ0v) is 13.7. The maximum atomic E-state index is 12.4. The predicted molar refractivity (Wildman–Crippen MR) is 89.1 cm³/mol. The van der Waals surface area contributed by atoms with Gasteiger partial charge in [-0.1, -0.05) is 63.2 Å². The van der Waals surface area contributed by atoms with Crippen molar-refractivity contribution in [1.82, 2.24) is 0 Å². The molecule has 0 fully saturated rings. The molecule has 0 saturated carbocycles. The van der Waals surface area contributed by atoms with E-state index in [4.69, 9.17) is 0 Å². The maximum absolute atomic E-state index is 12.4. The van der Waals surface area contributed by atoms with Crippen molar-refractivity contribution in [2.24, 2.45) is 0 Å². The molecule has 0 atom stereocenters. The Bertz CT molecular complexity index is 622. The van der Waals surface area contributed by atoms with Crippen LogP contribution in [0.25, 0.3) is 0 Å². The third kappa shape index (κ3) is 3.60. The first kappa shape index (κ1) is 15.5. The topological polar surface area (TPSA) is 17.1 Å². The van der Waals surface area contributed by atoms with E-state index in [2.05, 4.69) is 46.8 Å². The molecule has 0 aliphatic rings.